The second-order valence-electron chi connectivity index (χ2n) is 9.20. The van der Waals surface area contributed by atoms with Crippen LogP contribution >= 0.6 is 0 Å². The van der Waals surface area contributed by atoms with Gasteiger partial charge >= 0.3 is 0 Å². The van der Waals surface area contributed by atoms with E-state index in [1.54, 1.807) is 13.2 Å². The van der Waals surface area contributed by atoms with Crippen LogP contribution in [-0.2, 0) is 0 Å². The van der Waals surface area contributed by atoms with Crippen molar-refractivity contribution >= 4 is 5.91 Å². The quantitative estimate of drug-likeness (QED) is 0.353. The molecule has 1 aliphatic heterocycles. The van der Waals surface area contributed by atoms with Gasteiger partial charge in [-0.2, -0.15) is 5.10 Å². The molecule has 0 spiro atoms. The van der Waals surface area contributed by atoms with Crippen molar-refractivity contribution in [2.24, 2.45) is 0 Å². The maximum Gasteiger partial charge on any atom is 0.273 e. The zero-order chi connectivity index (χ0) is 25.1. The largest absolute Gasteiger partial charge is 0.507 e. The summed E-state index contributed by atoms with van der Waals surface area (Å²) in [7, 11) is 1.63. The standard InChI is InChI=1S/C28H35N3O4/c1-6-8-12-31-27(19-10-11-21(22(16-19)34-5)35-13-9-7-2)24-25(29-30-26(24)28(31)33)23-18(4)14-17(3)15-20(23)32/h10-11,14-16,27,32H,6-9,12-13H2,1-5H3,(H,29,30). The van der Waals surface area contributed by atoms with E-state index in [9.17, 15) is 9.90 Å². The average molecular weight is 478 g/mol. The van der Waals surface area contributed by atoms with Crippen LogP contribution in [0.1, 0.15) is 78.3 Å². The first-order valence-electron chi connectivity index (χ1n) is 12.4. The lowest BCUT2D eigenvalue weighted by Crippen LogP contribution is -2.30. The van der Waals surface area contributed by atoms with Crippen molar-refractivity contribution in [3.05, 3.63) is 58.3 Å². The van der Waals surface area contributed by atoms with Crippen LogP contribution in [0.5, 0.6) is 17.2 Å². The Morgan fingerprint density at radius 2 is 1.86 bits per heavy atom. The van der Waals surface area contributed by atoms with E-state index in [0.717, 1.165) is 47.9 Å². The van der Waals surface area contributed by atoms with Crippen molar-refractivity contribution in [2.75, 3.05) is 20.3 Å². The highest BCUT2D eigenvalue weighted by Gasteiger charge is 2.42. The monoisotopic (exact) mass is 477 g/mol. The predicted octanol–water partition coefficient (Wildman–Crippen LogP) is 5.93. The second-order valence-corrected chi connectivity index (χ2v) is 9.20. The fraction of sp³-hybridized carbons (Fsp3) is 0.429. The molecule has 1 unspecified atom stereocenters. The molecule has 0 radical (unpaired) electrons. The summed E-state index contributed by atoms with van der Waals surface area (Å²) in [5, 5.41) is 18.3. The Labute approximate surface area is 207 Å². The number of aromatic hydroxyl groups is 1. The Morgan fingerprint density at radius 1 is 1.09 bits per heavy atom. The number of ether oxygens (including phenoxy) is 2. The number of H-pyrrole nitrogens is 1. The van der Waals surface area contributed by atoms with E-state index in [-0.39, 0.29) is 17.7 Å². The van der Waals surface area contributed by atoms with Gasteiger partial charge in [0, 0.05) is 17.7 Å². The van der Waals surface area contributed by atoms with E-state index in [2.05, 4.69) is 24.0 Å². The third-order valence-corrected chi connectivity index (χ3v) is 6.57. The average Bonchev–Trinajstić information content (AvgIpc) is 3.36. The molecule has 2 heterocycles. The maximum absolute atomic E-state index is 13.5. The minimum Gasteiger partial charge on any atom is -0.507 e. The number of aryl methyl sites for hydroxylation is 2. The van der Waals surface area contributed by atoms with Gasteiger partial charge in [0.25, 0.3) is 5.91 Å². The molecule has 7 nitrogen and oxygen atoms in total. The van der Waals surface area contributed by atoms with Crippen LogP contribution in [-0.4, -0.2) is 46.4 Å². The Bertz CT molecular complexity index is 1190. The molecule has 0 saturated heterocycles. The number of phenolic OH excluding ortho intramolecular Hbond substituents is 1. The van der Waals surface area contributed by atoms with Gasteiger partial charge < -0.3 is 19.5 Å². The molecule has 2 N–H and O–H groups in total. The SMILES string of the molecule is CCCCOc1ccc(C2c3c(-c4c(C)cc(C)cc4O)n[nH]c3C(=O)N2CCCC)cc1OC. The van der Waals surface area contributed by atoms with Crippen molar-refractivity contribution in [3.63, 3.8) is 0 Å². The van der Waals surface area contributed by atoms with Crippen molar-refractivity contribution in [1.29, 1.82) is 0 Å². The van der Waals surface area contributed by atoms with Crippen LogP contribution in [0.2, 0.25) is 0 Å². The molecule has 0 fully saturated rings. The lowest BCUT2D eigenvalue weighted by Gasteiger charge is -2.27. The summed E-state index contributed by atoms with van der Waals surface area (Å²) < 4.78 is 11.6. The number of aromatic amines is 1. The Balaban J connectivity index is 1.84. The summed E-state index contributed by atoms with van der Waals surface area (Å²) in [5.41, 5.74) is 5.31. The van der Waals surface area contributed by atoms with Crippen LogP contribution in [0.25, 0.3) is 11.3 Å². The van der Waals surface area contributed by atoms with E-state index >= 15 is 0 Å². The minimum absolute atomic E-state index is 0.0799. The second kappa shape index (κ2) is 10.4. The highest BCUT2D eigenvalue weighted by Crippen LogP contribution is 2.46. The van der Waals surface area contributed by atoms with Gasteiger partial charge in [0.15, 0.2) is 11.5 Å². The van der Waals surface area contributed by atoms with Crippen LogP contribution in [0.3, 0.4) is 0 Å². The van der Waals surface area contributed by atoms with E-state index in [1.807, 2.05) is 43.0 Å². The Morgan fingerprint density at radius 3 is 2.54 bits per heavy atom. The highest BCUT2D eigenvalue weighted by atomic mass is 16.5. The number of hydrogen-bond donors (Lipinski definition) is 2. The fourth-order valence-electron chi connectivity index (χ4n) is 4.85. The molecule has 35 heavy (non-hydrogen) atoms. The molecule has 0 aliphatic carbocycles. The third-order valence-electron chi connectivity index (χ3n) is 6.57. The van der Waals surface area contributed by atoms with Gasteiger partial charge in [0.1, 0.15) is 17.1 Å². The van der Waals surface area contributed by atoms with E-state index in [0.29, 0.717) is 41.6 Å². The van der Waals surface area contributed by atoms with Gasteiger partial charge in [-0.05, 0) is 61.6 Å². The summed E-state index contributed by atoms with van der Waals surface area (Å²) in [6, 6.07) is 9.26. The first-order valence-corrected chi connectivity index (χ1v) is 12.4. The van der Waals surface area contributed by atoms with Crippen molar-refractivity contribution in [3.8, 4) is 28.5 Å². The maximum atomic E-state index is 13.5. The summed E-state index contributed by atoms with van der Waals surface area (Å²) in [4.78, 5) is 15.4. The normalized spacial score (nSPS) is 14.9. The number of aromatic nitrogens is 2. The summed E-state index contributed by atoms with van der Waals surface area (Å²) in [6.07, 6.45) is 3.88. The molecule has 186 valence electrons. The van der Waals surface area contributed by atoms with Gasteiger partial charge in [0.05, 0.1) is 19.8 Å². The predicted molar refractivity (Wildman–Crippen MR) is 136 cm³/mol. The van der Waals surface area contributed by atoms with Gasteiger partial charge in [-0.3, -0.25) is 9.89 Å². The molecule has 0 saturated carbocycles. The molecule has 4 rings (SSSR count). The van der Waals surface area contributed by atoms with Gasteiger partial charge in [-0.1, -0.05) is 38.8 Å². The topological polar surface area (TPSA) is 87.7 Å². The number of amides is 1. The molecule has 7 heteroatoms. The van der Waals surface area contributed by atoms with Crippen LogP contribution in [0.4, 0.5) is 0 Å². The van der Waals surface area contributed by atoms with Gasteiger partial charge in [-0.15, -0.1) is 0 Å². The van der Waals surface area contributed by atoms with Gasteiger partial charge in [-0.25, -0.2) is 0 Å². The number of rotatable bonds is 10. The van der Waals surface area contributed by atoms with Crippen molar-refractivity contribution in [2.45, 2.75) is 59.4 Å². The molecular weight excluding hydrogens is 442 g/mol. The number of benzene rings is 2. The molecule has 1 aliphatic rings. The van der Waals surface area contributed by atoms with Crippen LogP contribution in [0, 0.1) is 13.8 Å². The van der Waals surface area contributed by atoms with Gasteiger partial charge in [0.2, 0.25) is 0 Å². The first-order chi connectivity index (χ1) is 16.9. The number of unbranched alkanes of at least 4 members (excludes halogenated alkanes) is 2. The van der Waals surface area contributed by atoms with Crippen molar-refractivity contribution in [1.82, 2.24) is 15.1 Å². The summed E-state index contributed by atoms with van der Waals surface area (Å²) in [5.74, 6) is 1.40. The van der Waals surface area contributed by atoms with Crippen LogP contribution < -0.4 is 9.47 Å². The molecule has 3 aromatic rings. The zero-order valence-electron chi connectivity index (χ0n) is 21.3. The number of methoxy groups -OCH3 is 1. The summed E-state index contributed by atoms with van der Waals surface area (Å²) in [6.45, 7) is 9.38. The lowest BCUT2D eigenvalue weighted by atomic mass is 9.93. The van der Waals surface area contributed by atoms with Crippen LogP contribution in [0.15, 0.2) is 30.3 Å². The first kappa shape index (κ1) is 24.6. The number of fused-ring (bicyclic) bond motifs is 1. The van der Waals surface area contributed by atoms with E-state index in [4.69, 9.17) is 9.47 Å². The zero-order valence-corrected chi connectivity index (χ0v) is 21.3. The number of phenols is 1. The molecule has 1 atom stereocenters. The third kappa shape index (κ3) is 4.59. The Hall–Kier alpha value is -3.48. The summed E-state index contributed by atoms with van der Waals surface area (Å²) >= 11 is 0. The lowest BCUT2D eigenvalue weighted by molar-refractivity contribution is 0.0741. The molecule has 0 bridgehead atoms. The smallest absolute Gasteiger partial charge is 0.273 e. The number of carbonyl (C=O) groups excluding carboxylic acids is 1. The number of nitrogens with zero attached hydrogens (tertiary/aromatic N) is 2. The molecular formula is C28H35N3O4. The molecule has 2 aromatic carbocycles. The number of hydrogen-bond acceptors (Lipinski definition) is 5. The highest BCUT2D eigenvalue weighted by molar-refractivity contribution is 6.00. The van der Waals surface area contributed by atoms with Crippen molar-refractivity contribution < 1.29 is 19.4 Å². The molecule has 1 amide bonds. The molecule has 1 aromatic heterocycles. The fourth-order valence-corrected chi connectivity index (χ4v) is 4.85. The minimum atomic E-state index is -0.350. The number of carbonyl (C=O) groups is 1. The van der Waals surface area contributed by atoms with E-state index in [1.165, 1.54) is 0 Å². The Kier molecular flexibility index (Phi) is 7.34. The number of nitrogens with one attached hydrogen (secondary N) is 1. The van der Waals surface area contributed by atoms with E-state index < -0.39 is 0 Å².